The van der Waals surface area contributed by atoms with Crippen LogP contribution in [0, 0.1) is 5.92 Å². The molecule has 2 aromatic rings. The summed E-state index contributed by atoms with van der Waals surface area (Å²) in [7, 11) is 0. The van der Waals surface area contributed by atoms with E-state index >= 15 is 0 Å². The van der Waals surface area contributed by atoms with Gasteiger partial charge in [-0.05, 0) is 30.9 Å². The summed E-state index contributed by atoms with van der Waals surface area (Å²) in [5.74, 6) is 1.18. The first-order valence-corrected chi connectivity index (χ1v) is 6.82. The standard InChI is InChI=1S/C14H18N4O/c19-12(10-3-1-2-4-10)9-17-13-6-5-11-14(18-13)16-8-7-15-11/h5-8,10,12,19H,1-4,9H2,(H,16,17,18). The molecule has 1 atom stereocenters. The second-order valence-electron chi connectivity index (χ2n) is 5.09. The fraction of sp³-hybridized carbons (Fsp3) is 0.500. The number of nitrogens with one attached hydrogen (secondary N) is 1. The van der Waals surface area contributed by atoms with E-state index in [1.54, 1.807) is 12.4 Å². The maximum absolute atomic E-state index is 10.1. The van der Waals surface area contributed by atoms with Crippen molar-refractivity contribution in [3.05, 3.63) is 24.5 Å². The molecule has 1 aliphatic rings. The lowest BCUT2D eigenvalue weighted by Gasteiger charge is -2.18. The van der Waals surface area contributed by atoms with Gasteiger partial charge < -0.3 is 10.4 Å². The largest absolute Gasteiger partial charge is 0.391 e. The second-order valence-corrected chi connectivity index (χ2v) is 5.09. The third-order valence-corrected chi connectivity index (χ3v) is 3.77. The molecule has 0 aromatic carbocycles. The first-order chi connectivity index (χ1) is 9.33. The highest BCUT2D eigenvalue weighted by Crippen LogP contribution is 2.27. The number of hydrogen-bond donors (Lipinski definition) is 2. The first-order valence-electron chi connectivity index (χ1n) is 6.82. The number of nitrogens with zero attached hydrogens (tertiary/aromatic N) is 3. The zero-order chi connectivity index (χ0) is 13.1. The molecule has 0 amide bonds. The normalized spacial score (nSPS) is 17.7. The van der Waals surface area contributed by atoms with E-state index in [0.717, 1.165) is 24.2 Å². The third kappa shape index (κ3) is 2.81. The number of anilines is 1. The maximum atomic E-state index is 10.1. The highest BCUT2D eigenvalue weighted by molar-refractivity contribution is 5.71. The Balaban J connectivity index is 1.64. The van der Waals surface area contributed by atoms with Crippen LogP contribution in [0.4, 0.5) is 5.82 Å². The van der Waals surface area contributed by atoms with E-state index in [1.807, 2.05) is 12.1 Å². The van der Waals surface area contributed by atoms with E-state index < -0.39 is 0 Å². The Morgan fingerprint density at radius 3 is 2.84 bits per heavy atom. The predicted molar refractivity (Wildman–Crippen MR) is 73.8 cm³/mol. The van der Waals surface area contributed by atoms with Crippen molar-refractivity contribution < 1.29 is 5.11 Å². The van der Waals surface area contributed by atoms with Crippen LogP contribution in [0.5, 0.6) is 0 Å². The summed E-state index contributed by atoms with van der Waals surface area (Å²) in [5, 5.41) is 13.3. The zero-order valence-corrected chi connectivity index (χ0v) is 10.8. The minimum Gasteiger partial charge on any atom is -0.391 e. The Morgan fingerprint density at radius 2 is 2.00 bits per heavy atom. The molecule has 1 saturated carbocycles. The summed E-state index contributed by atoms with van der Waals surface area (Å²) in [6.07, 6.45) is 7.76. The molecule has 1 aliphatic carbocycles. The molecule has 5 heteroatoms. The number of aliphatic hydroxyl groups is 1. The molecular weight excluding hydrogens is 240 g/mol. The second kappa shape index (κ2) is 5.48. The Kier molecular flexibility index (Phi) is 3.55. The number of hydrogen-bond acceptors (Lipinski definition) is 5. The van der Waals surface area contributed by atoms with Gasteiger partial charge in [-0.1, -0.05) is 12.8 Å². The van der Waals surface area contributed by atoms with Crippen LogP contribution in [0.3, 0.4) is 0 Å². The van der Waals surface area contributed by atoms with E-state index in [4.69, 9.17) is 0 Å². The van der Waals surface area contributed by atoms with Gasteiger partial charge in [-0.15, -0.1) is 0 Å². The summed E-state index contributed by atoms with van der Waals surface area (Å²) in [4.78, 5) is 12.7. The van der Waals surface area contributed by atoms with Gasteiger partial charge in [-0.2, -0.15) is 0 Å². The van der Waals surface area contributed by atoms with Crippen LogP contribution in [-0.4, -0.2) is 32.7 Å². The van der Waals surface area contributed by atoms with Gasteiger partial charge in [0.05, 0.1) is 6.10 Å². The molecule has 2 aromatic heterocycles. The molecule has 0 radical (unpaired) electrons. The van der Waals surface area contributed by atoms with Gasteiger partial charge in [0, 0.05) is 18.9 Å². The molecule has 0 saturated heterocycles. The minimum absolute atomic E-state index is 0.290. The van der Waals surface area contributed by atoms with Gasteiger partial charge in [0.25, 0.3) is 0 Å². The van der Waals surface area contributed by atoms with Crippen molar-refractivity contribution in [1.29, 1.82) is 0 Å². The Hall–Kier alpha value is -1.75. The summed E-state index contributed by atoms with van der Waals surface area (Å²) in [6, 6.07) is 3.76. The van der Waals surface area contributed by atoms with Crippen LogP contribution in [0.1, 0.15) is 25.7 Å². The fourth-order valence-electron chi connectivity index (χ4n) is 2.67. The summed E-state index contributed by atoms with van der Waals surface area (Å²) in [6.45, 7) is 0.545. The SMILES string of the molecule is OC(CNc1ccc2nccnc2n1)C1CCCC1. The average Bonchev–Trinajstić information content (AvgIpc) is 2.99. The highest BCUT2D eigenvalue weighted by atomic mass is 16.3. The molecule has 1 unspecified atom stereocenters. The van der Waals surface area contributed by atoms with E-state index in [0.29, 0.717) is 18.1 Å². The van der Waals surface area contributed by atoms with Gasteiger partial charge in [0.2, 0.25) is 0 Å². The highest BCUT2D eigenvalue weighted by Gasteiger charge is 2.22. The Morgan fingerprint density at radius 1 is 1.21 bits per heavy atom. The smallest absolute Gasteiger partial charge is 0.180 e. The minimum atomic E-state index is -0.290. The number of aromatic nitrogens is 3. The molecule has 2 heterocycles. The lowest BCUT2D eigenvalue weighted by atomic mass is 10.0. The van der Waals surface area contributed by atoms with Gasteiger partial charge in [0.1, 0.15) is 11.3 Å². The van der Waals surface area contributed by atoms with Crippen molar-refractivity contribution in [3.8, 4) is 0 Å². The van der Waals surface area contributed by atoms with Crippen LogP contribution in [0.2, 0.25) is 0 Å². The van der Waals surface area contributed by atoms with Crippen LogP contribution >= 0.6 is 0 Å². The van der Waals surface area contributed by atoms with Crippen LogP contribution in [0.25, 0.3) is 11.2 Å². The molecule has 2 N–H and O–H groups in total. The van der Waals surface area contributed by atoms with E-state index in [-0.39, 0.29) is 6.10 Å². The molecular formula is C14H18N4O. The van der Waals surface area contributed by atoms with Gasteiger partial charge in [-0.25, -0.2) is 9.97 Å². The number of pyridine rings is 1. The van der Waals surface area contributed by atoms with E-state index in [1.165, 1.54) is 12.8 Å². The predicted octanol–water partition coefficient (Wildman–Crippen LogP) is 1.99. The van der Waals surface area contributed by atoms with E-state index in [9.17, 15) is 5.11 Å². The summed E-state index contributed by atoms with van der Waals surface area (Å²) < 4.78 is 0. The van der Waals surface area contributed by atoms with Crippen LogP contribution in [0.15, 0.2) is 24.5 Å². The Bertz CT molecular complexity index is 554. The summed E-state index contributed by atoms with van der Waals surface area (Å²) >= 11 is 0. The lowest BCUT2D eigenvalue weighted by molar-refractivity contribution is 0.123. The van der Waals surface area contributed by atoms with Crippen LogP contribution in [-0.2, 0) is 0 Å². The Labute approximate surface area is 112 Å². The van der Waals surface area contributed by atoms with Crippen molar-refractivity contribution in [1.82, 2.24) is 15.0 Å². The molecule has 5 nitrogen and oxygen atoms in total. The van der Waals surface area contributed by atoms with Crippen molar-refractivity contribution >= 4 is 17.0 Å². The first kappa shape index (κ1) is 12.3. The monoisotopic (exact) mass is 258 g/mol. The van der Waals surface area contributed by atoms with Crippen molar-refractivity contribution in [3.63, 3.8) is 0 Å². The zero-order valence-electron chi connectivity index (χ0n) is 10.8. The number of aliphatic hydroxyl groups excluding tert-OH is 1. The number of fused-ring (bicyclic) bond motifs is 1. The van der Waals surface area contributed by atoms with Crippen molar-refractivity contribution in [2.45, 2.75) is 31.8 Å². The van der Waals surface area contributed by atoms with Gasteiger partial charge in [0.15, 0.2) is 5.65 Å². The van der Waals surface area contributed by atoms with Crippen molar-refractivity contribution in [2.75, 3.05) is 11.9 Å². The van der Waals surface area contributed by atoms with Gasteiger partial charge in [-0.3, -0.25) is 4.98 Å². The number of rotatable bonds is 4. The maximum Gasteiger partial charge on any atom is 0.180 e. The molecule has 0 bridgehead atoms. The molecule has 3 rings (SSSR count). The molecule has 0 aliphatic heterocycles. The van der Waals surface area contributed by atoms with Crippen LogP contribution < -0.4 is 5.32 Å². The lowest BCUT2D eigenvalue weighted by Crippen LogP contribution is -2.26. The quantitative estimate of drug-likeness (QED) is 0.877. The fourth-order valence-corrected chi connectivity index (χ4v) is 2.67. The molecule has 100 valence electrons. The molecule has 0 spiro atoms. The third-order valence-electron chi connectivity index (χ3n) is 3.77. The summed E-state index contributed by atoms with van der Waals surface area (Å²) in [5.41, 5.74) is 1.41. The molecule has 1 fully saturated rings. The average molecular weight is 258 g/mol. The van der Waals surface area contributed by atoms with Gasteiger partial charge >= 0.3 is 0 Å². The molecule has 19 heavy (non-hydrogen) atoms. The topological polar surface area (TPSA) is 70.9 Å². The van der Waals surface area contributed by atoms with E-state index in [2.05, 4.69) is 20.3 Å². The van der Waals surface area contributed by atoms with Crippen molar-refractivity contribution in [2.24, 2.45) is 5.92 Å².